The Morgan fingerprint density at radius 2 is 1.94 bits per heavy atom. The standard InChI is InChI=1S/C23H29ClN4O3S3/c1-4-26(5-2)14-15-27(23-25-21-16(3)8-6-10-18(21)32-23)22(29)17-9-7-13-28(17)34(30,31)20-12-11-19(24)33-20/h6,8,10-12,17H,4-5,7,9,13-15H2,1-3H3. The normalized spacial score (nSPS) is 17.1. The summed E-state index contributed by atoms with van der Waals surface area (Å²) in [7, 11) is -3.81. The van der Waals surface area contributed by atoms with E-state index in [2.05, 4.69) is 18.7 Å². The summed E-state index contributed by atoms with van der Waals surface area (Å²) in [6.07, 6.45) is 1.13. The molecule has 0 N–H and O–H groups in total. The van der Waals surface area contributed by atoms with E-state index in [-0.39, 0.29) is 10.1 Å². The summed E-state index contributed by atoms with van der Waals surface area (Å²) >= 11 is 8.49. The first-order chi connectivity index (χ1) is 16.3. The number of thiophene rings is 1. The van der Waals surface area contributed by atoms with Gasteiger partial charge >= 0.3 is 0 Å². The van der Waals surface area contributed by atoms with Gasteiger partial charge in [-0.1, -0.05) is 48.9 Å². The van der Waals surface area contributed by atoms with Crippen LogP contribution in [0.2, 0.25) is 4.34 Å². The molecular formula is C23H29ClN4O3S3. The number of sulfonamides is 1. The summed E-state index contributed by atoms with van der Waals surface area (Å²) in [6, 6.07) is 8.33. The van der Waals surface area contributed by atoms with Gasteiger partial charge in [-0.25, -0.2) is 13.4 Å². The number of hydrogen-bond donors (Lipinski definition) is 0. The van der Waals surface area contributed by atoms with Crippen molar-refractivity contribution in [2.24, 2.45) is 0 Å². The van der Waals surface area contributed by atoms with Gasteiger partial charge in [0, 0.05) is 19.6 Å². The smallest absolute Gasteiger partial charge is 0.253 e. The van der Waals surface area contributed by atoms with E-state index in [0.717, 1.165) is 40.2 Å². The molecule has 1 unspecified atom stereocenters. The number of carbonyl (C=O) groups excluding carboxylic acids is 1. The van der Waals surface area contributed by atoms with Crippen molar-refractivity contribution in [3.8, 4) is 0 Å². The third-order valence-electron chi connectivity index (χ3n) is 6.24. The van der Waals surface area contributed by atoms with Crippen molar-refractivity contribution < 1.29 is 13.2 Å². The third kappa shape index (κ3) is 5.03. The van der Waals surface area contributed by atoms with Crippen molar-refractivity contribution in [3.63, 3.8) is 0 Å². The van der Waals surface area contributed by atoms with Crippen LogP contribution in [0.5, 0.6) is 0 Å². The zero-order valence-corrected chi connectivity index (χ0v) is 22.7. The van der Waals surface area contributed by atoms with Crippen LogP contribution >= 0.6 is 34.3 Å². The van der Waals surface area contributed by atoms with E-state index in [0.29, 0.717) is 41.9 Å². The molecule has 1 atom stereocenters. The minimum atomic E-state index is -3.81. The molecule has 0 radical (unpaired) electrons. The van der Waals surface area contributed by atoms with Crippen LogP contribution in [-0.2, 0) is 14.8 Å². The number of para-hydroxylation sites is 1. The fraction of sp³-hybridized carbons (Fsp3) is 0.478. The summed E-state index contributed by atoms with van der Waals surface area (Å²) < 4.78 is 29.6. The highest BCUT2D eigenvalue weighted by Gasteiger charge is 2.42. The summed E-state index contributed by atoms with van der Waals surface area (Å²) in [4.78, 5) is 22.7. The number of rotatable bonds is 9. The average Bonchev–Trinajstić information content (AvgIpc) is 3.56. The number of aromatic nitrogens is 1. The van der Waals surface area contributed by atoms with Gasteiger partial charge in [0.15, 0.2) is 5.13 Å². The lowest BCUT2D eigenvalue weighted by Crippen LogP contribution is -2.49. The fourth-order valence-corrected chi connectivity index (χ4v) is 8.62. The molecule has 34 heavy (non-hydrogen) atoms. The highest BCUT2D eigenvalue weighted by atomic mass is 35.5. The van der Waals surface area contributed by atoms with Crippen LogP contribution in [-0.4, -0.2) is 67.3 Å². The second kappa shape index (κ2) is 10.6. The first-order valence-corrected chi connectivity index (χ1v) is 14.9. The first-order valence-electron chi connectivity index (χ1n) is 11.4. The second-order valence-electron chi connectivity index (χ2n) is 8.27. The van der Waals surface area contributed by atoms with E-state index in [1.807, 2.05) is 25.1 Å². The second-order valence-corrected chi connectivity index (χ2v) is 13.1. The monoisotopic (exact) mass is 540 g/mol. The predicted molar refractivity (Wildman–Crippen MR) is 141 cm³/mol. The molecule has 0 spiro atoms. The van der Waals surface area contributed by atoms with Gasteiger partial charge in [0.1, 0.15) is 10.3 Å². The van der Waals surface area contributed by atoms with Gasteiger partial charge in [-0.3, -0.25) is 9.69 Å². The Bertz CT molecular complexity index is 1270. The molecule has 7 nitrogen and oxygen atoms in total. The van der Waals surface area contributed by atoms with Crippen molar-refractivity contribution in [3.05, 3.63) is 40.2 Å². The van der Waals surface area contributed by atoms with Gasteiger partial charge in [-0.2, -0.15) is 4.31 Å². The van der Waals surface area contributed by atoms with Crippen molar-refractivity contribution in [2.45, 2.75) is 43.9 Å². The molecule has 11 heteroatoms. The van der Waals surface area contributed by atoms with Crippen LogP contribution in [0.25, 0.3) is 10.2 Å². The van der Waals surface area contributed by atoms with Gasteiger partial charge in [0.05, 0.1) is 14.6 Å². The Morgan fingerprint density at radius 1 is 1.18 bits per heavy atom. The molecule has 3 heterocycles. The van der Waals surface area contributed by atoms with Crippen molar-refractivity contribution in [2.75, 3.05) is 37.6 Å². The van der Waals surface area contributed by atoms with E-state index >= 15 is 0 Å². The van der Waals surface area contributed by atoms with E-state index < -0.39 is 16.1 Å². The predicted octanol–water partition coefficient (Wildman–Crippen LogP) is 4.85. The maximum absolute atomic E-state index is 13.9. The molecule has 0 bridgehead atoms. The highest BCUT2D eigenvalue weighted by molar-refractivity contribution is 7.91. The van der Waals surface area contributed by atoms with E-state index in [1.165, 1.54) is 21.7 Å². The maximum Gasteiger partial charge on any atom is 0.253 e. The Labute approximate surface area is 214 Å². The molecule has 0 saturated carbocycles. The lowest BCUT2D eigenvalue weighted by Gasteiger charge is -2.29. The number of carbonyl (C=O) groups is 1. The lowest BCUT2D eigenvalue weighted by atomic mass is 10.2. The first kappa shape index (κ1) is 25.5. The number of amides is 1. The molecule has 2 aromatic heterocycles. The minimum Gasteiger partial charge on any atom is -0.302 e. The summed E-state index contributed by atoms with van der Waals surface area (Å²) in [6.45, 7) is 9.40. The Kier molecular flexibility index (Phi) is 7.95. The largest absolute Gasteiger partial charge is 0.302 e. The Morgan fingerprint density at radius 3 is 2.59 bits per heavy atom. The average molecular weight is 541 g/mol. The molecular weight excluding hydrogens is 512 g/mol. The Hall–Kier alpha value is -1.56. The van der Waals surface area contributed by atoms with Gasteiger partial charge in [-0.05, 0) is 56.6 Å². The molecule has 1 saturated heterocycles. The molecule has 1 fully saturated rings. The van der Waals surface area contributed by atoms with Crippen LogP contribution in [0.3, 0.4) is 0 Å². The highest BCUT2D eigenvalue weighted by Crippen LogP contribution is 2.35. The number of benzene rings is 1. The van der Waals surface area contributed by atoms with Crippen molar-refractivity contribution in [1.29, 1.82) is 0 Å². The molecule has 1 aliphatic rings. The number of thiazole rings is 1. The molecule has 3 aromatic rings. The number of aryl methyl sites for hydroxylation is 1. The lowest BCUT2D eigenvalue weighted by molar-refractivity contribution is -0.121. The molecule has 4 rings (SSSR count). The zero-order valence-electron chi connectivity index (χ0n) is 19.5. The van der Waals surface area contributed by atoms with Crippen LogP contribution in [0.4, 0.5) is 5.13 Å². The van der Waals surface area contributed by atoms with Crippen LogP contribution in [0, 0.1) is 6.92 Å². The quantitative estimate of drug-likeness (QED) is 0.388. The SMILES string of the molecule is CCN(CC)CCN(C(=O)C1CCCN1S(=O)(=O)c1ccc(Cl)s1)c1nc2c(C)cccc2s1. The summed E-state index contributed by atoms with van der Waals surface area (Å²) in [5.41, 5.74) is 1.93. The number of fused-ring (bicyclic) bond motifs is 1. The van der Waals surface area contributed by atoms with Crippen molar-refractivity contribution >= 4 is 65.6 Å². The van der Waals surface area contributed by atoms with E-state index in [1.54, 1.807) is 11.0 Å². The fourth-order valence-electron chi connectivity index (χ4n) is 4.28. The molecule has 1 aromatic carbocycles. The number of nitrogens with zero attached hydrogens (tertiary/aromatic N) is 4. The topological polar surface area (TPSA) is 73.8 Å². The van der Waals surface area contributed by atoms with Crippen LogP contribution in [0.1, 0.15) is 32.3 Å². The van der Waals surface area contributed by atoms with Crippen LogP contribution < -0.4 is 4.90 Å². The zero-order chi connectivity index (χ0) is 24.5. The van der Waals surface area contributed by atoms with Gasteiger partial charge in [-0.15, -0.1) is 11.3 Å². The minimum absolute atomic E-state index is 0.169. The number of halogens is 1. The molecule has 1 amide bonds. The number of anilines is 1. The van der Waals surface area contributed by atoms with Crippen molar-refractivity contribution in [1.82, 2.24) is 14.2 Å². The molecule has 184 valence electrons. The maximum atomic E-state index is 13.9. The van der Waals surface area contributed by atoms with Crippen LogP contribution in [0.15, 0.2) is 34.5 Å². The summed E-state index contributed by atoms with van der Waals surface area (Å²) in [5.74, 6) is -0.215. The van der Waals surface area contributed by atoms with E-state index in [4.69, 9.17) is 16.6 Å². The van der Waals surface area contributed by atoms with Gasteiger partial charge < -0.3 is 4.90 Å². The third-order valence-corrected chi connectivity index (χ3v) is 10.9. The van der Waals surface area contributed by atoms with Gasteiger partial charge in [0.2, 0.25) is 5.91 Å². The number of likely N-dealkylation sites (N-methyl/N-ethyl adjacent to an activating group) is 1. The summed E-state index contributed by atoms with van der Waals surface area (Å²) in [5, 5.41) is 0.616. The Balaban J connectivity index is 1.68. The van der Waals surface area contributed by atoms with E-state index in [9.17, 15) is 13.2 Å². The molecule has 1 aliphatic heterocycles. The molecule has 0 aliphatic carbocycles. The number of hydrogen-bond acceptors (Lipinski definition) is 7. The van der Waals surface area contributed by atoms with Gasteiger partial charge in [0.25, 0.3) is 10.0 Å².